The summed E-state index contributed by atoms with van der Waals surface area (Å²) in [5.74, 6) is 0.986. The summed E-state index contributed by atoms with van der Waals surface area (Å²) in [6.07, 6.45) is 3.85. The van der Waals surface area contributed by atoms with Gasteiger partial charge in [0.1, 0.15) is 17.1 Å². The van der Waals surface area contributed by atoms with Crippen LogP contribution >= 0.6 is 0 Å². The van der Waals surface area contributed by atoms with Crippen LogP contribution in [0, 0.1) is 0 Å². The average Bonchev–Trinajstić information content (AvgIpc) is 2.80. The molecule has 94 valence electrons. The van der Waals surface area contributed by atoms with Gasteiger partial charge in [0.2, 0.25) is 0 Å². The van der Waals surface area contributed by atoms with Crippen molar-refractivity contribution in [3.05, 3.63) is 59.9 Å². The summed E-state index contributed by atoms with van der Waals surface area (Å²) in [5.41, 5.74) is 8.19. The molecule has 0 aliphatic heterocycles. The van der Waals surface area contributed by atoms with E-state index in [0.717, 1.165) is 28.0 Å². The molecule has 0 spiro atoms. The van der Waals surface area contributed by atoms with E-state index in [9.17, 15) is 5.11 Å². The van der Waals surface area contributed by atoms with E-state index in [1.54, 1.807) is 18.2 Å². The Balaban J connectivity index is 1.90. The van der Waals surface area contributed by atoms with Crippen LogP contribution in [0.5, 0.6) is 5.75 Å². The molecule has 0 aliphatic rings. The molecule has 3 nitrogen and oxygen atoms in total. The second kappa shape index (κ2) is 4.53. The molecule has 0 unspecified atom stereocenters. The van der Waals surface area contributed by atoms with Gasteiger partial charge in [0, 0.05) is 11.1 Å². The van der Waals surface area contributed by atoms with Crippen LogP contribution in [0.15, 0.2) is 52.9 Å². The van der Waals surface area contributed by atoms with Crippen LogP contribution in [0.2, 0.25) is 0 Å². The third-order valence-electron chi connectivity index (χ3n) is 2.90. The van der Waals surface area contributed by atoms with Gasteiger partial charge in [0.15, 0.2) is 0 Å². The Labute approximate surface area is 110 Å². The lowest BCUT2D eigenvalue weighted by Crippen LogP contribution is -1.82. The van der Waals surface area contributed by atoms with Crippen molar-refractivity contribution in [2.45, 2.75) is 0 Å². The highest BCUT2D eigenvalue weighted by Gasteiger charge is 2.01. The maximum Gasteiger partial charge on any atom is 0.135 e. The number of nitrogens with two attached hydrogens (primary N) is 1. The van der Waals surface area contributed by atoms with E-state index in [0.29, 0.717) is 0 Å². The summed E-state index contributed by atoms with van der Waals surface area (Å²) >= 11 is 0. The zero-order valence-corrected chi connectivity index (χ0v) is 10.2. The number of fused-ring (bicyclic) bond motifs is 1. The molecule has 2 aromatic carbocycles. The third kappa shape index (κ3) is 2.45. The fourth-order valence-electron chi connectivity index (χ4n) is 1.92. The zero-order chi connectivity index (χ0) is 13.2. The van der Waals surface area contributed by atoms with E-state index >= 15 is 0 Å². The van der Waals surface area contributed by atoms with E-state index in [1.807, 2.05) is 42.5 Å². The van der Waals surface area contributed by atoms with Crippen LogP contribution in [-0.4, -0.2) is 5.11 Å². The lowest BCUT2D eigenvalue weighted by atomic mass is 10.2. The maximum absolute atomic E-state index is 9.40. The number of nitrogen functional groups attached to an aromatic ring is 1. The van der Waals surface area contributed by atoms with Gasteiger partial charge >= 0.3 is 0 Å². The van der Waals surface area contributed by atoms with Gasteiger partial charge in [-0.1, -0.05) is 18.2 Å². The van der Waals surface area contributed by atoms with Crippen molar-refractivity contribution in [2.75, 3.05) is 5.73 Å². The molecular weight excluding hydrogens is 238 g/mol. The zero-order valence-electron chi connectivity index (χ0n) is 10.2. The van der Waals surface area contributed by atoms with Crippen LogP contribution < -0.4 is 5.73 Å². The second-order valence-electron chi connectivity index (χ2n) is 4.37. The first-order valence-electron chi connectivity index (χ1n) is 5.97. The molecule has 0 aliphatic carbocycles. The number of hydrogen-bond acceptors (Lipinski definition) is 3. The minimum absolute atomic E-state index is 0.238. The Kier molecular flexibility index (Phi) is 2.72. The molecule has 0 amide bonds. The molecule has 1 heterocycles. The van der Waals surface area contributed by atoms with Crippen molar-refractivity contribution in [3.8, 4) is 5.75 Å². The van der Waals surface area contributed by atoms with Crippen molar-refractivity contribution in [1.82, 2.24) is 0 Å². The highest BCUT2D eigenvalue weighted by Crippen LogP contribution is 2.24. The van der Waals surface area contributed by atoms with Crippen molar-refractivity contribution in [3.63, 3.8) is 0 Å². The topological polar surface area (TPSA) is 59.4 Å². The van der Waals surface area contributed by atoms with Gasteiger partial charge in [-0.2, -0.15) is 0 Å². The second-order valence-corrected chi connectivity index (χ2v) is 4.37. The van der Waals surface area contributed by atoms with Crippen LogP contribution in [0.4, 0.5) is 5.69 Å². The van der Waals surface area contributed by atoms with E-state index in [1.165, 1.54) is 0 Å². The Bertz CT molecular complexity index is 739. The lowest BCUT2D eigenvalue weighted by molar-refractivity contribution is 0.476. The maximum atomic E-state index is 9.40. The predicted octanol–water partition coefficient (Wildman–Crippen LogP) is 3.89. The van der Waals surface area contributed by atoms with Crippen LogP contribution in [0.1, 0.15) is 11.3 Å². The number of hydrogen-bond donors (Lipinski definition) is 2. The number of phenolic OH excluding ortho intramolecular Hbond substituents is 1. The van der Waals surface area contributed by atoms with Gasteiger partial charge in [0.25, 0.3) is 0 Å². The first-order valence-corrected chi connectivity index (χ1v) is 5.97. The number of rotatable bonds is 2. The molecule has 0 saturated carbocycles. The summed E-state index contributed by atoms with van der Waals surface area (Å²) in [6, 6.07) is 14.5. The normalized spacial score (nSPS) is 11.4. The molecule has 1 aromatic heterocycles. The monoisotopic (exact) mass is 251 g/mol. The molecule has 0 radical (unpaired) electrons. The Morgan fingerprint density at radius 3 is 2.53 bits per heavy atom. The fraction of sp³-hybridized carbons (Fsp3) is 0. The van der Waals surface area contributed by atoms with Gasteiger partial charge in [-0.25, -0.2) is 0 Å². The molecule has 3 heteroatoms. The molecule has 0 bridgehead atoms. The Morgan fingerprint density at radius 2 is 1.74 bits per heavy atom. The predicted molar refractivity (Wildman–Crippen MR) is 77.7 cm³/mol. The van der Waals surface area contributed by atoms with Crippen LogP contribution in [0.3, 0.4) is 0 Å². The minimum Gasteiger partial charge on any atom is -0.508 e. The molecule has 0 fully saturated rings. The van der Waals surface area contributed by atoms with Crippen LogP contribution in [0.25, 0.3) is 23.1 Å². The fourth-order valence-corrected chi connectivity index (χ4v) is 1.92. The standard InChI is InChI=1S/C16H13NO2/c17-13-4-1-11(2-5-13)3-7-15-10-12-9-14(18)6-8-16(12)19-15/h1-10,18H,17H2. The summed E-state index contributed by atoms with van der Waals surface area (Å²) < 4.78 is 5.65. The van der Waals surface area contributed by atoms with Crippen molar-refractivity contribution in [1.29, 1.82) is 0 Å². The summed E-state index contributed by atoms with van der Waals surface area (Å²) in [4.78, 5) is 0. The first kappa shape index (κ1) is 11.4. The smallest absolute Gasteiger partial charge is 0.135 e. The van der Waals surface area contributed by atoms with Gasteiger partial charge in [0.05, 0.1) is 0 Å². The number of furan rings is 1. The van der Waals surface area contributed by atoms with Gasteiger partial charge in [-0.15, -0.1) is 0 Å². The number of benzene rings is 2. The number of aromatic hydroxyl groups is 1. The summed E-state index contributed by atoms with van der Waals surface area (Å²) in [7, 11) is 0. The Hall–Kier alpha value is -2.68. The Morgan fingerprint density at radius 1 is 0.947 bits per heavy atom. The van der Waals surface area contributed by atoms with E-state index in [-0.39, 0.29) is 5.75 Å². The summed E-state index contributed by atoms with van der Waals surface area (Å²) in [5, 5.41) is 10.3. The highest BCUT2D eigenvalue weighted by atomic mass is 16.3. The molecule has 0 saturated heterocycles. The molecule has 3 rings (SSSR count). The van der Waals surface area contributed by atoms with Gasteiger partial charge in [-0.3, -0.25) is 0 Å². The van der Waals surface area contributed by atoms with Gasteiger partial charge < -0.3 is 15.3 Å². The van der Waals surface area contributed by atoms with Crippen molar-refractivity contribution in [2.24, 2.45) is 0 Å². The van der Waals surface area contributed by atoms with E-state index in [2.05, 4.69) is 0 Å². The van der Waals surface area contributed by atoms with Crippen molar-refractivity contribution < 1.29 is 9.52 Å². The van der Waals surface area contributed by atoms with Gasteiger partial charge in [-0.05, 0) is 48.0 Å². The molecular formula is C16H13NO2. The third-order valence-corrected chi connectivity index (χ3v) is 2.90. The minimum atomic E-state index is 0.238. The largest absolute Gasteiger partial charge is 0.508 e. The van der Waals surface area contributed by atoms with E-state index in [4.69, 9.17) is 10.2 Å². The van der Waals surface area contributed by atoms with Crippen molar-refractivity contribution >= 4 is 28.8 Å². The van der Waals surface area contributed by atoms with E-state index < -0.39 is 0 Å². The molecule has 3 aromatic rings. The SMILES string of the molecule is Nc1ccc(C=Cc2cc3cc(O)ccc3o2)cc1. The summed E-state index contributed by atoms with van der Waals surface area (Å²) in [6.45, 7) is 0. The quantitative estimate of drug-likeness (QED) is 0.679. The number of phenols is 1. The molecule has 0 atom stereocenters. The average molecular weight is 251 g/mol. The lowest BCUT2D eigenvalue weighted by Gasteiger charge is -1.93. The highest BCUT2D eigenvalue weighted by molar-refractivity contribution is 5.83. The number of anilines is 1. The first-order chi connectivity index (χ1) is 9.20. The molecule has 19 heavy (non-hydrogen) atoms. The van der Waals surface area contributed by atoms with Crippen LogP contribution in [-0.2, 0) is 0 Å². The molecule has 3 N–H and O–H groups in total.